The Kier molecular flexibility index (Phi) is 52.1. The molecule has 12 nitrogen and oxygen atoms in total. The third-order valence-corrected chi connectivity index (χ3v) is 8.04. The van der Waals surface area contributed by atoms with Crippen LogP contribution in [0, 0.1) is 0 Å². The Labute approximate surface area is 373 Å². The largest absolute Gasteiger partial charge is 1.00 e. The number of carboxylic acid groups (broad SMARTS) is 4. The van der Waals surface area contributed by atoms with E-state index >= 15 is 0 Å². The van der Waals surface area contributed by atoms with Crippen molar-refractivity contribution in [1.82, 2.24) is 10.6 Å². The molecule has 2 amide bonds. The van der Waals surface area contributed by atoms with Gasteiger partial charge >= 0.3 is 113 Å². The van der Waals surface area contributed by atoms with Crippen molar-refractivity contribution in [1.29, 1.82) is 0 Å². The molecule has 0 spiro atoms. The van der Waals surface area contributed by atoms with Gasteiger partial charge in [0, 0.05) is 12.8 Å². The Morgan fingerprint density at radius 3 is 0.804 bits per heavy atom. The van der Waals surface area contributed by atoms with E-state index in [4.69, 9.17) is 20.4 Å². The number of hydrogen-bond donors (Lipinski definition) is 6. The minimum Gasteiger partial charge on any atom is -0.481 e. The van der Waals surface area contributed by atoms with Crippen molar-refractivity contribution >= 4 is 35.7 Å². The molecule has 51 heavy (non-hydrogen) atoms. The molecule has 0 aromatic carbocycles. The molecule has 280 valence electrons. The first-order valence-electron chi connectivity index (χ1n) is 18.4. The van der Waals surface area contributed by atoms with Crippen molar-refractivity contribution < 1.29 is 138 Å². The summed E-state index contributed by atoms with van der Waals surface area (Å²) in [6, 6.07) is -2.69. The maximum Gasteiger partial charge on any atom is 1.00 e. The molecule has 0 saturated carbocycles. The van der Waals surface area contributed by atoms with Crippen LogP contribution in [0.2, 0.25) is 0 Å². The van der Waals surface area contributed by atoms with Crippen molar-refractivity contribution in [3.63, 3.8) is 0 Å². The first kappa shape index (κ1) is 60.1. The van der Waals surface area contributed by atoms with Crippen LogP contribution in [0.4, 0.5) is 0 Å². The number of aliphatic carboxylic acids is 4. The van der Waals surface area contributed by atoms with Crippen LogP contribution in [0.3, 0.4) is 0 Å². The van der Waals surface area contributed by atoms with E-state index in [-0.39, 0.29) is 113 Å². The van der Waals surface area contributed by atoms with Gasteiger partial charge in [-0.25, -0.2) is 9.59 Å². The number of carbonyl (C=O) groups is 6. The van der Waals surface area contributed by atoms with Gasteiger partial charge in [-0.2, -0.15) is 0 Å². The van der Waals surface area contributed by atoms with Gasteiger partial charge in [0.05, 0.1) is 12.8 Å². The van der Waals surface area contributed by atoms with Crippen LogP contribution in [-0.4, -0.2) is 68.2 Å². The molecular weight excluding hydrogens is 689 g/mol. The Bertz CT molecular complexity index is 827. The van der Waals surface area contributed by atoms with Crippen molar-refractivity contribution in [2.75, 3.05) is 0 Å². The zero-order valence-electron chi connectivity index (χ0n) is 32.8. The first-order valence-corrected chi connectivity index (χ1v) is 18.4. The van der Waals surface area contributed by atoms with Gasteiger partial charge < -0.3 is 31.1 Å². The molecule has 0 aromatic heterocycles. The molecule has 0 aromatic rings. The fourth-order valence-corrected chi connectivity index (χ4v) is 5.18. The zero-order valence-corrected chi connectivity index (χ0v) is 38.8. The minimum atomic E-state index is -1.34. The molecule has 0 unspecified atom stereocenters. The average molecular weight is 756 g/mol. The Morgan fingerprint density at radius 2 is 0.608 bits per heavy atom. The van der Waals surface area contributed by atoms with Crippen LogP contribution in [0.5, 0.6) is 0 Å². The molecule has 0 heterocycles. The molecule has 0 radical (unpaired) electrons. The van der Waals surface area contributed by atoms with Crippen LogP contribution < -0.4 is 99.3 Å². The Balaban J connectivity index is -0.000000261. The molecule has 0 aliphatic rings. The number of rotatable bonds is 32. The summed E-state index contributed by atoms with van der Waals surface area (Å²) in [6.45, 7) is 4.43. The van der Waals surface area contributed by atoms with Crippen LogP contribution in [0.15, 0.2) is 0 Å². The molecule has 2 atom stereocenters. The van der Waals surface area contributed by atoms with Crippen LogP contribution >= 0.6 is 0 Å². The van der Waals surface area contributed by atoms with Crippen LogP contribution in [0.25, 0.3) is 0 Å². The van der Waals surface area contributed by atoms with E-state index in [9.17, 15) is 28.8 Å². The third kappa shape index (κ3) is 45.9. The standard InChI is InChI=1S/2C18H33NO5.3Na/c2*1-2-3-4-5-6-7-8-9-10-11-12-13-16(20)19-15(18(23)24)14-17(21)22;;;/h2*15H,2-14H2,1H3,(H,19,20)(H,21,22)(H,23,24);;;/q;;3*+1/t2*15-;;;/m00.../s1. The number of carboxylic acids is 4. The maximum absolute atomic E-state index is 11.6. The second-order valence-electron chi connectivity index (χ2n) is 12.7. The molecule has 0 bridgehead atoms. The average Bonchev–Trinajstić information content (AvgIpc) is 3.01. The van der Waals surface area contributed by atoms with Crippen molar-refractivity contribution in [3.8, 4) is 0 Å². The predicted molar refractivity (Wildman–Crippen MR) is 186 cm³/mol. The molecule has 0 rings (SSSR count). The number of carbonyl (C=O) groups excluding carboxylic acids is 2. The van der Waals surface area contributed by atoms with E-state index in [1.807, 2.05) is 0 Å². The summed E-state index contributed by atoms with van der Waals surface area (Å²) < 4.78 is 0. The smallest absolute Gasteiger partial charge is 0.481 e. The molecule has 0 fully saturated rings. The van der Waals surface area contributed by atoms with Gasteiger partial charge in [-0.05, 0) is 12.8 Å². The summed E-state index contributed by atoms with van der Waals surface area (Å²) >= 11 is 0. The van der Waals surface area contributed by atoms with Gasteiger partial charge in [0.15, 0.2) is 0 Å². The van der Waals surface area contributed by atoms with Crippen molar-refractivity contribution in [2.45, 2.75) is 193 Å². The van der Waals surface area contributed by atoms with Gasteiger partial charge in [-0.15, -0.1) is 0 Å². The van der Waals surface area contributed by atoms with E-state index in [0.717, 1.165) is 25.7 Å². The summed E-state index contributed by atoms with van der Waals surface area (Å²) in [5.41, 5.74) is 0. The summed E-state index contributed by atoms with van der Waals surface area (Å²) in [5.74, 6) is -5.89. The molecule has 0 aliphatic heterocycles. The molecule has 15 heteroatoms. The van der Waals surface area contributed by atoms with E-state index in [0.29, 0.717) is 12.8 Å². The third-order valence-electron chi connectivity index (χ3n) is 8.04. The summed E-state index contributed by atoms with van der Waals surface area (Å²) in [4.78, 5) is 66.0. The van der Waals surface area contributed by atoms with Gasteiger partial charge in [-0.3, -0.25) is 19.2 Å². The van der Waals surface area contributed by atoms with Gasteiger partial charge in [-0.1, -0.05) is 142 Å². The van der Waals surface area contributed by atoms with Gasteiger partial charge in [0.25, 0.3) is 0 Å². The Morgan fingerprint density at radius 1 is 0.392 bits per heavy atom. The van der Waals surface area contributed by atoms with E-state index < -0.39 is 48.8 Å². The van der Waals surface area contributed by atoms with E-state index in [1.165, 1.54) is 103 Å². The second kappa shape index (κ2) is 44.2. The second-order valence-corrected chi connectivity index (χ2v) is 12.7. The topological polar surface area (TPSA) is 207 Å². The fourth-order valence-electron chi connectivity index (χ4n) is 5.18. The first-order chi connectivity index (χ1) is 22.9. The number of unbranched alkanes of at least 4 members (excludes halogenated alkanes) is 20. The molecule has 0 aliphatic carbocycles. The maximum atomic E-state index is 11.6. The zero-order chi connectivity index (χ0) is 36.4. The van der Waals surface area contributed by atoms with Gasteiger partial charge in [0.1, 0.15) is 12.1 Å². The fraction of sp³-hybridized carbons (Fsp3) is 0.833. The predicted octanol–water partition coefficient (Wildman–Crippen LogP) is -1.52. The summed E-state index contributed by atoms with van der Waals surface area (Å²) in [6.07, 6.45) is 25.3. The normalized spacial score (nSPS) is 11.2. The number of hydrogen-bond acceptors (Lipinski definition) is 6. The quantitative estimate of drug-likeness (QED) is 0.0345. The van der Waals surface area contributed by atoms with Crippen LogP contribution in [0.1, 0.15) is 181 Å². The van der Waals surface area contributed by atoms with Gasteiger partial charge in [0.2, 0.25) is 11.8 Å². The summed E-state index contributed by atoms with van der Waals surface area (Å²) in [5, 5.41) is 39.5. The van der Waals surface area contributed by atoms with Crippen molar-refractivity contribution in [2.24, 2.45) is 0 Å². The minimum absolute atomic E-state index is 0. The number of nitrogens with one attached hydrogen (secondary N) is 2. The number of amides is 2. The SMILES string of the molecule is CCCCCCCCCCCCCC(=O)N[C@@H](CC(=O)O)C(=O)O.CCCCCCCCCCCCCC(=O)N[C@@H](CC(=O)O)C(=O)O.[Na+].[Na+].[Na+]. The van der Waals surface area contributed by atoms with E-state index in [1.54, 1.807) is 0 Å². The van der Waals surface area contributed by atoms with E-state index in [2.05, 4.69) is 24.5 Å². The summed E-state index contributed by atoms with van der Waals surface area (Å²) in [7, 11) is 0. The molecule has 6 N–H and O–H groups in total. The van der Waals surface area contributed by atoms with Crippen molar-refractivity contribution in [3.05, 3.63) is 0 Å². The molecular formula is C36H66N2Na3O10+3. The monoisotopic (exact) mass is 755 g/mol. The Hall–Kier alpha value is -0.180. The van der Waals surface area contributed by atoms with Crippen LogP contribution in [-0.2, 0) is 28.8 Å². The molecule has 0 saturated heterocycles.